The first-order valence-electron chi connectivity index (χ1n) is 6.11. The van der Waals surface area contributed by atoms with Crippen LogP contribution < -0.4 is 4.90 Å². The van der Waals surface area contributed by atoms with Gasteiger partial charge in [0.25, 0.3) is 0 Å². The van der Waals surface area contributed by atoms with E-state index in [0.717, 1.165) is 15.3 Å². The SMILES string of the molecule is Cc1sc(N(C)C2CC2)nc1-c1ccc(Br)cc1. The molecule has 0 N–H and O–H groups in total. The van der Waals surface area contributed by atoms with Crippen molar-refractivity contribution >= 4 is 32.4 Å². The van der Waals surface area contributed by atoms with Crippen LogP contribution in [-0.2, 0) is 0 Å². The van der Waals surface area contributed by atoms with Crippen molar-refractivity contribution in [1.82, 2.24) is 4.98 Å². The van der Waals surface area contributed by atoms with Gasteiger partial charge in [-0.25, -0.2) is 4.98 Å². The fourth-order valence-electron chi connectivity index (χ4n) is 2.03. The Morgan fingerprint density at radius 3 is 2.56 bits per heavy atom. The van der Waals surface area contributed by atoms with Gasteiger partial charge in [0, 0.05) is 28.0 Å². The maximum absolute atomic E-state index is 4.80. The van der Waals surface area contributed by atoms with Crippen LogP contribution in [0.25, 0.3) is 11.3 Å². The molecule has 1 heterocycles. The van der Waals surface area contributed by atoms with Gasteiger partial charge in [-0.3, -0.25) is 0 Å². The molecule has 2 nitrogen and oxygen atoms in total. The van der Waals surface area contributed by atoms with Gasteiger partial charge in [0.05, 0.1) is 5.69 Å². The maximum atomic E-state index is 4.80. The van der Waals surface area contributed by atoms with E-state index in [9.17, 15) is 0 Å². The van der Waals surface area contributed by atoms with E-state index in [1.807, 2.05) is 0 Å². The van der Waals surface area contributed by atoms with Gasteiger partial charge in [-0.15, -0.1) is 11.3 Å². The smallest absolute Gasteiger partial charge is 0.186 e. The predicted molar refractivity (Wildman–Crippen MR) is 81.4 cm³/mol. The van der Waals surface area contributed by atoms with Gasteiger partial charge >= 0.3 is 0 Å². The Kier molecular flexibility index (Phi) is 3.16. The monoisotopic (exact) mass is 322 g/mol. The van der Waals surface area contributed by atoms with E-state index in [-0.39, 0.29) is 0 Å². The standard InChI is InChI=1S/C14H15BrN2S/c1-9-13(10-3-5-11(15)6-4-10)16-14(18-9)17(2)12-7-8-12/h3-6,12H,7-8H2,1-2H3. The van der Waals surface area contributed by atoms with Crippen LogP contribution in [0.2, 0.25) is 0 Å². The Labute approximate surface area is 120 Å². The summed E-state index contributed by atoms with van der Waals surface area (Å²) in [5.41, 5.74) is 2.32. The average molecular weight is 323 g/mol. The highest BCUT2D eigenvalue weighted by Crippen LogP contribution is 2.37. The number of benzene rings is 1. The molecule has 4 heteroatoms. The molecule has 0 saturated heterocycles. The summed E-state index contributed by atoms with van der Waals surface area (Å²) in [7, 11) is 2.15. The van der Waals surface area contributed by atoms with Crippen molar-refractivity contribution in [2.24, 2.45) is 0 Å². The molecular formula is C14H15BrN2S. The summed E-state index contributed by atoms with van der Waals surface area (Å²) in [5.74, 6) is 0. The highest BCUT2D eigenvalue weighted by molar-refractivity contribution is 9.10. The number of aromatic nitrogens is 1. The summed E-state index contributed by atoms with van der Waals surface area (Å²) in [6, 6.07) is 9.09. The third kappa shape index (κ3) is 2.31. The number of hydrogen-bond donors (Lipinski definition) is 0. The van der Waals surface area contributed by atoms with Crippen LogP contribution in [0, 0.1) is 6.92 Å². The Morgan fingerprint density at radius 1 is 1.28 bits per heavy atom. The lowest BCUT2D eigenvalue weighted by atomic mass is 10.1. The highest BCUT2D eigenvalue weighted by atomic mass is 79.9. The van der Waals surface area contributed by atoms with Crippen molar-refractivity contribution in [1.29, 1.82) is 0 Å². The molecule has 1 aromatic heterocycles. The average Bonchev–Trinajstić information content (AvgIpc) is 3.13. The maximum Gasteiger partial charge on any atom is 0.186 e. The number of rotatable bonds is 3. The van der Waals surface area contributed by atoms with Crippen molar-refractivity contribution in [2.45, 2.75) is 25.8 Å². The minimum atomic E-state index is 0.716. The molecule has 0 atom stereocenters. The van der Waals surface area contributed by atoms with Crippen LogP contribution in [0.1, 0.15) is 17.7 Å². The lowest BCUT2D eigenvalue weighted by Crippen LogP contribution is -2.18. The van der Waals surface area contributed by atoms with E-state index in [0.29, 0.717) is 6.04 Å². The number of nitrogens with zero attached hydrogens (tertiary/aromatic N) is 2. The van der Waals surface area contributed by atoms with Crippen molar-refractivity contribution < 1.29 is 0 Å². The lowest BCUT2D eigenvalue weighted by Gasteiger charge is -2.13. The number of halogens is 1. The van der Waals surface area contributed by atoms with E-state index in [1.165, 1.54) is 23.3 Å². The van der Waals surface area contributed by atoms with Gasteiger partial charge in [-0.2, -0.15) is 0 Å². The minimum absolute atomic E-state index is 0.716. The van der Waals surface area contributed by atoms with E-state index < -0.39 is 0 Å². The molecule has 1 aromatic carbocycles. The molecule has 0 bridgehead atoms. The van der Waals surface area contributed by atoms with Crippen molar-refractivity contribution in [3.63, 3.8) is 0 Å². The summed E-state index contributed by atoms with van der Waals surface area (Å²) >= 11 is 5.26. The Bertz CT molecular complexity index is 558. The number of aryl methyl sites for hydroxylation is 1. The second-order valence-electron chi connectivity index (χ2n) is 4.75. The highest BCUT2D eigenvalue weighted by Gasteiger charge is 2.28. The van der Waals surface area contributed by atoms with Crippen molar-refractivity contribution in [3.05, 3.63) is 33.6 Å². The van der Waals surface area contributed by atoms with E-state index in [2.05, 4.69) is 59.1 Å². The Morgan fingerprint density at radius 2 is 1.94 bits per heavy atom. The van der Waals surface area contributed by atoms with Gasteiger partial charge < -0.3 is 4.90 Å². The van der Waals surface area contributed by atoms with Gasteiger partial charge in [-0.05, 0) is 31.9 Å². The van der Waals surface area contributed by atoms with Crippen LogP contribution in [0.15, 0.2) is 28.7 Å². The van der Waals surface area contributed by atoms with Crippen LogP contribution >= 0.6 is 27.3 Å². The van der Waals surface area contributed by atoms with Crippen molar-refractivity contribution in [3.8, 4) is 11.3 Å². The van der Waals surface area contributed by atoms with Crippen LogP contribution in [-0.4, -0.2) is 18.1 Å². The first-order chi connectivity index (χ1) is 8.65. The second kappa shape index (κ2) is 4.67. The topological polar surface area (TPSA) is 16.1 Å². The second-order valence-corrected chi connectivity index (χ2v) is 6.85. The van der Waals surface area contributed by atoms with Gasteiger partial charge in [0.15, 0.2) is 5.13 Å². The normalized spacial score (nSPS) is 14.8. The zero-order valence-corrected chi connectivity index (χ0v) is 12.9. The minimum Gasteiger partial charge on any atom is -0.348 e. The van der Waals surface area contributed by atoms with Gasteiger partial charge in [0.2, 0.25) is 0 Å². The summed E-state index contributed by atoms with van der Waals surface area (Å²) < 4.78 is 1.11. The quantitative estimate of drug-likeness (QED) is 0.828. The number of thiazole rings is 1. The third-order valence-corrected chi connectivity index (χ3v) is 4.89. The number of anilines is 1. The summed E-state index contributed by atoms with van der Waals surface area (Å²) in [4.78, 5) is 8.41. The largest absolute Gasteiger partial charge is 0.348 e. The fraction of sp³-hybridized carbons (Fsp3) is 0.357. The molecule has 0 amide bonds. The molecule has 0 spiro atoms. The molecule has 0 unspecified atom stereocenters. The fourth-order valence-corrected chi connectivity index (χ4v) is 3.26. The third-order valence-electron chi connectivity index (χ3n) is 3.30. The molecule has 0 aliphatic heterocycles. The summed E-state index contributed by atoms with van der Waals surface area (Å²) in [5, 5.41) is 1.15. The van der Waals surface area contributed by atoms with Crippen LogP contribution in [0.4, 0.5) is 5.13 Å². The Balaban J connectivity index is 1.94. The Hall–Kier alpha value is -0.870. The molecule has 1 aliphatic rings. The van der Waals surface area contributed by atoms with Gasteiger partial charge in [-0.1, -0.05) is 28.1 Å². The molecule has 3 rings (SSSR count). The zero-order valence-electron chi connectivity index (χ0n) is 10.5. The van der Waals surface area contributed by atoms with E-state index >= 15 is 0 Å². The molecule has 94 valence electrons. The first kappa shape index (κ1) is 12.2. The molecule has 1 saturated carbocycles. The number of hydrogen-bond acceptors (Lipinski definition) is 3. The zero-order chi connectivity index (χ0) is 12.7. The molecular weight excluding hydrogens is 308 g/mol. The summed E-state index contributed by atoms with van der Waals surface area (Å²) in [6.07, 6.45) is 2.62. The van der Waals surface area contributed by atoms with Crippen LogP contribution in [0.5, 0.6) is 0 Å². The molecule has 1 fully saturated rings. The lowest BCUT2D eigenvalue weighted by molar-refractivity contribution is 0.909. The molecule has 18 heavy (non-hydrogen) atoms. The molecule has 1 aliphatic carbocycles. The summed E-state index contributed by atoms with van der Waals surface area (Å²) in [6.45, 7) is 2.15. The predicted octanol–water partition coefficient (Wildman–Crippen LogP) is 4.48. The molecule has 2 aromatic rings. The van der Waals surface area contributed by atoms with Gasteiger partial charge in [0.1, 0.15) is 0 Å². The van der Waals surface area contributed by atoms with E-state index in [1.54, 1.807) is 11.3 Å². The van der Waals surface area contributed by atoms with Crippen LogP contribution in [0.3, 0.4) is 0 Å². The van der Waals surface area contributed by atoms with Crippen molar-refractivity contribution in [2.75, 3.05) is 11.9 Å². The van der Waals surface area contributed by atoms with E-state index in [4.69, 9.17) is 4.98 Å². The first-order valence-corrected chi connectivity index (χ1v) is 7.72. The molecule has 0 radical (unpaired) electrons.